The minimum Gasteiger partial charge on any atom is -0.478 e. The molecule has 1 saturated heterocycles. The number of carboxylic acid groups (broad SMARTS) is 1. The van der Waals surface area contributed by atoms with Crippen molar-refractivity contribution in [2.45, 2.75) is 125 Å². The highest BCUT2D eigenvalue weighted by molar-refractivity contribution is 6.02. The van der Waals surface area contributed by atoms with E-state index in [1.807, 2.05) is 0 Å². The number of carbonyl (C=O) groups excluding carboxylic acids is 2. The molecule has 10 atom stereocenters. The Hall–Kier alpha value is -2.37. The highest BCUT2D eigenvalue weighted by Crippen LogP contribution is 2.78. The van der Waals surface area contributed by atoms with Gasteiger partial charge in [0.1, 0.15) is 12.2 Å². The number of ether oxygens (including phenoxy) is 2. The maximum Gasteiger partial charge on any atom is 0.339 e. The van der Waals surface area contributed by atoms with E-state index in [2.05, 4.69) is 48.5 Å². The fraction of sp³-hybridized carbons (Fsp3) is 0.763. The summed E-state index contributed by atoms with van der Waals surface area (Å²) in [5.74, 6) is 0.269. The van der Waals surface area contributed by atoms with Crippen molar-refractivity contribution in [3.63, 3.8) is 0 Å². The first-order valence-corrected chi connectivity index (χ1v) is 17.3. The van der Waals surface area contributed by atoms with Crippen LogP contribution < -0.4 is 0 Å². The van der Waals surface area contributed by atoms with Crippen LogP contribution in [0.5, 0.6) is 0 Å². The summed E-state index contributed by atoms with van der Waals surface area (Å²) in [7, 11) is 0. The van der Waals surface area contributed by atoms with Crippen molar-refractivity contribution in [2.24, 2.45) is 56.2 Å². The quantitative estimate of drug-likeness (QED) is 0.349. The molecule has 2 bridgehead atoms. The summed E-state index contributed by atoms with van der Waals surface area (Å²) in [5.41, 5.74) is 0.109. The maximum absolute atomic E-state index is 13.5. The van der Waals surface area contributed by atoms with Gasteiger partial charge in [0.2, 0.25) is 0 Å². The second-order valence-electron chi connectivity index (χ2n) is 17.8. The molecule has 5 aliphatic carbocycles. The number of benzene rings is 1. The van der Waals surface area contributed by atoms with Gasteiger partial charge >= 0.3 is 17.9 Å². The lowest BCUT2D eigenvalue weighted by molar-refractivity contribution is -0.252. The van der Waals surface area contributed by atoms with E-state index >= 15 is 0 Å². The summed E-state index contributed by atoms with van der Waals surface area (Å²) in [6.07, 6.45) is 10.3. The van der Waals surface area contributed by atoms with E-state index in [-0.39, 0.29) is 61.8 Å². The summed E-state index contributed by atoms with van der Waals surface area (Å²) >= 11 is 0. The molecular weight excluding hydrogens is 552 g/mol. The number of aromatic carboxylic acids is 1. The number of hydrogen-bond acceptors (Lipinski definition) is 5. The van der Waals surface area contributed by atoms with E-state index in [9.17, 15) is 19.5 Å². The van der Waals surface area contributed by atoms with Gasteiger partial charge in [-0.1, -0.05) is 60.6 Å². The number of carbonyl (C=O) groups is 3. The standard InChI is InChI=1S/C38H52O6/c1-33(2)18-20-38-21-19-36(6)24(28(38)29(33)44-32(38)42)12-13-26-35(5)16-15-27(34(3,4)25(35)14-17-37(26,36)7)43-31(41)23-11-9-8-10-22(23)30(39)40/h8-11,24-29H,12-21H2,1-7H3,(H,39,40)/t24-,25+,26+,27+,28-,29-,35+,36-,37-,38+/m1/s1. The van der Waals surface area contributed by atoms with Crippen LogP contribution in [-0.2, 0) is 14.3 Å². The summed E-state index contributed by atoms with van der Waals surface area (Å²) in [6, 6.07) is 6.36. The van der Waals surface area contributed by atoms with E-state index < -0.39 is 11.9 Å². The van der Waals surface area contributed by atoms with Crippen LogP contribution in [0.25, 0.3) is 0 Å². The minimum absolute atomic E-state index is 0.00876. The van der Waals surface area contributed by atoms with E-state index in [0.717, 1.165) is 51.4 Å². The van der Waals surface area contributed by atoms with Crippen LogP contribution in [0.4, 0.5) is 0 Å². The van der Waals surface area contributed by atoms with Gasteiger partial charge < -0.3 is 14.6 Å². The van der Waals surface area contributed by atoms with Crippen LogP contribution >= 0.6 is 0 Å². The lowest BCUT2D eigenvalue weighted by Gasteiger charge is -2.73. The Bertz CT molecular complexity index is 1410. The lowest BCUT2D eigenvalue weighted by atomic mass is 9.31. The normalized spacial score (nSPS) is 46.4. The van der Waals surface area contributed by atoms with E-state index in [1.54, 1.807) is 18.2 Å². The van der Waals surface area contributed by atoms with Crippen molar-refractivity contribution in [3.05, 3.63) is 35.4 Å². The van der Waals surface area contributed by atoms with Crippen LogP contribution in [0, 0.1) is 56.2 Å². The minimum atomic E-state index is -1.11. The molecule has 0 radical (unpaired) electrons. The van der Waals surface area contributed by atoms with Crippen molar-refractivity contribution in [1.29, 1.82) is 0 Å². The molecule has 0 unspecified atom stereocenters. The predicted octanol–water partition coefficient (Wildman–Crippen LogP) is 8.33. The Kier molecular flexibility index (Phi) is 6.43. The fourth-order valence-corrected chi connectivity index (χ4v) is 13.1. The summed E-state index contributed by atoms with van der Waals surface area (Å²) in [6.45, 7) is 16.9. The van der Waals surface area contributed by atoms with E-state index in [0.29, 0.717) is 23.7 Å². The Morgan fingerprint density at radius 2 is 1.48 bits per heavy atom. The third kappa shape index (κ3) is 3.69. The first-order chi connectivity index (χ1) is 20.5. The second-order valence-corrected chi connectivity index (χ2v) is 17.8. The molecule has 6 heteroatoms. The van der Waals surface area contributed by atoms with Gasteiger partial charge in [-0.15, -0.1) is 0 Å². The van der Waals surface area contributed by atoms with Gasteiger partial charge in [-0.3, -0.25) is 4.79 Å². The molecule has 6 nitrogen and oxygen atoms in total. The highest BCUT2D eigenvalue weighted by Gasteiger charge is 2.75. The molecule has 0 amide bonds. The van der Waals surface area contributed by atoms with Crippen molar-refractivity contribution >= 4 is 17.9 Å². The van der Waals surface area contributed by atoms with Gasteiger partial charge in [0.25, 0.3) is 0 Å². The van der Waals surface area contributed by atoms with Crippen molar-refractivity contribution in [1.82, 2.24) is 0 Å². The molecule has 0 spiro atoms. The molecule has 44 heavy (non-hydrogen) atoms. The fourth-order valence-electron chi connectivity index (χ4n) is 13.1. The second kappa shape index (κ2) is 9.35. The Morgan fingerprint density at radius 3 is 2.18 bits per heavy atom. The van der Waals surface area contributed by atoms with Crippen LogP contribution in [-0.4, -0.2) is 35.2 Å². The molecule has 6 aliphatic rings. The van der Waals surface area contributed by atoms with Gasteiger partial charge in [-0.05, 0) is 110 Å². The lowest BCUT2D eigenvalue weighted by Crippen LogP contribution is -2.68. The number of carboxylic acids is 1. The zero-order valence-electron chi connectivity index (χ0n) is 27.8. The zero-order valence-corrected chi connectivity index (χ0v) is 27.8. The average molecular weight is 605 g/mol. The molecule has 1 aliphatic heterocycles. The van der Waals surface area contributed by atoms with Crippen molar-refractivity contribution in [2.75, 3.05) is 0 Å². The van der Waals surface area contributed by atoms with Crippen LogP contribution in [0.1, 0.15) is 133 Å². The number of esters is 2. The number of hydrogen-bond donors (Lipinski definition) is 1. The molecular formula is C38H52O6. The first kappa shape index (κ1) is 30.3. The van der Waals surface area contributed by atoms with Crippen LogP contribution in [0.2, 0.25) is 0 Å². The summed E-state index contributed by atoms with van der Waals surface area (Å²) < 4.78 is 12.5. The number of rotatable bonds is 3. The molecule has 5 saturated carbocycles. The average Bonchev–Trinajstić information content (AvgIpc) is 3.22. The molecule has 0 aromatic heterocycles. The Labute approximate surface area is 263 Å². The van der Waals surface area contributed by atoms with Gasteiger partial charge in [0.05, 0.1) is 16.5 Å². The Balaban J connectivity index is 1.17. The molecule has 1 N–H and O–H groups in total. The van der Waals surface area contributed by atoms with Gasteiger partial charge in [0, 0.05) is 16.7 Å². The monoisotopic (exact) mass is 604 g/mol. The zero-order chi connectivity index (χ0) is 31.7. The van der Waals surface area contributed by atoms with Gasteiger partial charge in [-0.2, -0.15) is 0 Å². The van der Waals surface area contributed by atoms with Crippen LogP contribution in [0.15, 0.2) is 24.3 Å². The first-order valence-electron chi connectivity index (χ1n) is 17.3. The van der Waals surface area contributed by atoms with Gasteiger partial charge in [0.15, 0.2) is 0 Å². The third-order valence-electron chi connectivity index (χ3n) is 15.6. The van der Waals surface area contributed by atoms with Crippen molar-refractivity contribution < 1.29 is 29.0 Å². The summed E-state index contributed by atoms with van der Waals surface area (Å²) in [5, 5.41) is 9.65. The topological polar surface area (TPSA) is 89.9 Å². The predicted molar refractivity (Wildman–Crippen MR) is 167 cm³/mol. The van der Waals surface area contributed by atoms with Gasteiger partial charge in [-0.25, -0.2) is 9.59 Å². The maximum atomic E-state index is 13.5. The molecule has 7 rings (SSSR count). The Morgan fingerprint density at radius 1 is 0.795 bits per heavy atom. The highest BCUT2D eigenvalue weighted by atomic mass is 16.6. The van der Waals surface area contributed by atoms with E-state index in [4.69, 9.17) is 9.47 Å². The third-order valence-corrected chi connectivity index (χ3v) is 15.6. The largest absolute Gasteiger partial charge is 0.478 e. The SMILES string of the molecule is CC1(C)CC[C@]23CC[C@]4(C)[C@H](CC[C@H]5[C@@]6(C)CC[C@H](OC(=O)c7ccccc7C(=O)O)C(C)(C)[C@@H]6CC[C@]54C)[C@@H]2[C@H]1OC3=O. The molecule has 6 fully saturated rings. The van der Waals surface area contributed by atoms with E-state index in [1.165, 1.54) is 18.9 Å². The molecule has 1 aromatic carbocycles. The molecule has 1 aromatic rings. The van der Waals surface area contributed by atoms with Crippen molar-refractivity contribution in [3.8, 4) is 0 Å². The van der Waals surface area contributed by atoms with Crippen LogP contribution in [0.3, 0.4) is 0 Å². The smallest absolute Gasteiger partial charge is 0.339 e. The number of fused-ring (bicyclic) bond motifs is 5. The molecule has 240 valence electrons. The molecule has 1 heterocycles. The summed E-state index contributed by atoms with van der Waals surface area (Å²) in [4.78, 5) is 38.7.